The fourth-order valence-corrected chi connectivity index (χ4v) is 5.46. The maximum Gasteiger partial charge on any atom is 0.252 e. The van der Waals surface area contributed by atoms with Crippen LogP contribution >= 0.6 is 15.9 Å². The van der Waals surface area contributed by atoms with Crippen LogP contribution in [0.25, 0.3) is 0 Å². The molecular weight excluding hydrogens is 580 g/mol. The second-order valence-corrected chi connectivity index (χ2v) is 10.8. The number of aliphatic imine (C=N–C) groups is 1. The minimum absolute atomic E-state index is 0.0794. The van der Waals surface area contributed by atoms with E-state index in [-0.39, 0.29) is 12.5 Å². The Morgan fingerprint density at radius 3 is 2.24 bits per heavy atom. The fourth-order valence-electron chi connectivity index (χ4n) is 4.97. The molecule has 0 bridgehead atoms. The number of aliphatic hydroxyl groups is 1. The van der Waals surface area contributed by atoms with Crippen molar-refractivity contribution in [2.24, 2.45) is 4.99 Å². The Bertz CT molecular complexity index is 1460. The molecule has 0 aromatic heterocycles. The zero-order valence-corrected chi connectivity index (χ0v) is 24.3. The average molecular weight is 614 g/mol. The Kier molecular flexibility index (Phi) is 9.49. The van der Waals surface area contributed by atoms with Crippen LogP contribution in [0.3, 0.4) is 0 Å². The minimum atomic E-state index is -1.24. The molecule has 41 heavy (non-hydrogen) atoms. The van der Waals surface area contributed by atoms with E-state index in [1.807, 2.05) is 97.1 Å². The molecule has 1 aliphatic rings. The van der Waals surface area contributed by atoms with E-state index in [1.165, 1.54) is 0 Å². The van der Waals surface area contributed by atoms with E-state index in [9.17, 15) is 4.79 Å². The molecule has 210 valence electrons. The summed E-state index contributed by atoms with van der Waals surface area (Å²) in [6, 6.07) is 35.3. The van der Waals surface area contributed by atoms with Gasteiger partial charge in [0.2, 0.25) is 5.90 Å². The third-order valence-corrected chi connectivity index (χ3v) is 7.80. The summed E-state index contributed by atoms with van der Waals surface area (Å²) in [5.74, 6) is 0.913. The highest BCUT2D eigenvalue weighted by Crippen LogP contribution is 2.44. The molecule has 1 heterocycles. The molecular formula is C34H33BrN2O4. The number of halogens is 1. The van der Waals surface area contributed by atoms with Gasteiger partial charge in [-0.2, -0.15) is 0 Å². The number of hydrogen-bond donors (Lipinski definition) is 2. The Labute approximate surface area is 249 Å². The van der Waals surface area contributed by atoms with Crippen LogP contribution in [-0.2, 0) is 22.4 Å². The monoisotopic (exact) mass is 612 g/mol. The molecule has 0 fully saturated rings. The van der Waals surface area contributed by atoms with Crippen LogP contribution < -0.4 is 10.1 Å². The van der Waals surface area contributed by atoms with Gasteiger partial charge in [0.25, 0.3) is 5.91 Å². The lowest BCUT2D eigenvalue weighted by Gasteiger charge is -2.31. The molecule has 0 aliphatic carbocycles. The van der Waals surface area contributed by atoms with Crippen molar-refractivity contribution >= 4 is 27.7 Å². The third kappa shape index (κ3) is 6.87. The second kappa shape index (κ2) is 13.6. The van der Waals surface area contributed by atoms with Gasteiger partial charge in [-0.05, 0) is 47.9 Å². The summed E-state index contributed by atoms with van der Waals surface area (Å²) >= 11 is 3.69. The SMILES string of the molecule is O=C(NCCc1ccccc1)[C@]1(Cc2ccccc2)N=C(c2ccc(OCCCO)cc2)O[C@@H]1c1ccccc1Br. The first-order valence-corrected chi connectivity index (χ1v) is 14.6. The number of ether oxygens (including phenoxy) is 2. The lowest BCUT2D eigenvalue weighted by molar-refractivity contribution is -0.128. The van der Waals surface area contributed by atoms with Gasteiger partial charge in [0.15, 0.2) is 11.6 Å². The van der Waals surface area contributed by atoms with Crippen LogP contribution in [-0.4, -0.2) is 42.2 Å². The van der Waals surface area contributed by atoms with Crippen LogP contribution in [0.15, 0.2) is 119 Å². The second-order valence-electron chi connectivity index (χ2n) is 9.96. The zero-order chi connectivity index (χ0) is 28.5. The van der Waals surface area contributed by atoms with Gasteiger partial charge < -0.3 is 19.9 Å². The summed E-state index contributed by atoms with van der Waals surface area (Å²) in [5, 5.41) is 12.2. The largest absolute Gasteiger partial charge is 0.494 e. The molecule has 0 radical (unpaired) electrons. The summed E-state index contributed by atoms with van der Waals surface area (Å²) in [6.45, 7) is 0.990. The Hall–Kier alpha value is -3.94. The first-order chi connectivity index (χ1) is 20.1. The number of carbonyl (C=O) groups excluding carboxylic acids is 1. The maximum atomic E-state index is 14.3. The first kappa shape index (κ1) is 28.6. The highest BCUT2D eigenvalue weighted by atomic mass is 79.9. The van der Waals surface area contributed by atoms with Crippen molar-refractivity contribution in [1.29, 1.82) is 0 Å². The molecule has 0 saturated carbocycles. The fraction of sp³-hybridized carbons (Fsp3) is 0.235. The van der Waals surface area contributed by atoms with E-state index in [0.717, 1.165) is 26.7 Å². The Balaban J connectivity index is 1.51. The van der Waals surface area contributed by atoms with Crippen LogP contribution in [0, 0.1) is 0 Å². The number of hydrogen-bond acceptors (Lipinski definition) is 5. The van der Waals surface area contributed by atoms with Gasteiger partial charge in [-0.3, -0.25) is 4.79 Å². The van der Waals surface area contributed by atoms with Crippen LogP contribution in [0.5, 0.6) is 5.75 Å². The summed E-state index contributed by atoms with van der Waals surface area (Å²) in [7, 11) is 0. The Morgan fingerprint density at radius 2 is 1.56 bits per heavy atom. The number of amides is 1. The number of nitrogens with zero attached hydrogens (tertiary/aromatic N) is 1. The van der Waals surface area contributed by atoms with Gasteiger partial charge in [-0.15, -0.1) is 0 Å². The molecule has 4 aromatic rings. The topological polar surface area (TPSA) is 80.2 Å². The molecule has 1 amide bonds. The van der Waals surface area contributed by atoms with E-state index in [1.54, 1.807) is 0 Å². The zero-order valence-electron chi connectivity index (χ0n) is 22.7. The van der Waals surface area contributed by atoms with Gasteiger partial charge >= 0.3 is 0 Å². The lowest BCUT2D eigenvalue weighted by Crippen LogP contribution is -2.50. The highest BCUT2D eigenvalue weighted by Gasteiger charge is 2.53. The normalized spacial score (nSPS) is 17.9. The van der Waals surface area contributed by atoms with Crippen LogP contribution in [0.2, 0.25) is 0 Å². The number of aliphatic hydroxyl groups excluding tert-OH is 1. The highest BCUT2D eigenvalue weighted by molar-refractivity contribution is 9.10. The van der Waals surface area contributed by atoms with E-state index in [2.05, 4.69) is 33.4 Å². The van der Waals surface area contributed by atoms with Crippen molar-refractivity contribution in [3.05, 3.63) is 136 Å². The minimum Gasteiger partial charge on any atom is -0.494 e. The van der Waals surface area contributed by atoms with Crippen molar-refractivity contribution < 1.29 is 19.4 Å². The predicted octanol–water partition coefficient (Wildman–Crippen LogP) is 6.07. The van der Waals surface area contributed by atoms with Crippen molar-refractivity contribution in [1.82, 2.24) is 5.32 Å². The molecule has 5 rings (SSSR count). The summed E-state index contributed by atoms with van der Waals surface area (Å²) in [4.78, 5) is 19.4. The van der Waals surface area contributed by atoms with E-state index < -0.39 is 11.6 Å². The van der Waals surface area contributed by atoms with Crippen molar-refractivity contribution in [2.75, 3.05) is 19.8 Å². The molecule has 4 aromatic carbocycles. The average Bonchev–Trinajstić information content (AvgIpc) is 3.39. The van der Waals surface area contributed by atoms with Crippen LogP contribution in [0.1, 0.15) is 34.8 Å². The standard InChI is InChI=1S/C34H33BrN2O4/c35-30-15-8-7-14-29(30)31-34(24-26-12-5-2-6-13-26,33(39)36-21-20-25-10-3-1-4-11-25)37-32(41-31)27-16-18-28(19-17-27)40-23-9-22-38/h1-8,10-19,31,38H,9,20-24H2,(H,36,39)/t31-,34-/m1/s1. The molecule has 7 heteroatoms. The molecule has 1 aliphatic heterocycles. The van der Waals surface area contributed by atoms with E-state index >= 15 is 0 Å². The van der Waals surface area contributed by atoms with Gasteiger partial charge in [0.05, 0.1) is 6.61 Å². The third-order valence-electron chi connectivity index (χ3n) is 7.08. The number of rotatable bonds is 12. The Morgan fingerprint density at radius 1 is 0.902 bits per heavy atom. The van der Waals surface area contributed by atoms with Crippen molar-refractivity contribution in [3.63, 3.8) is 0 Å². The van der Waals surface area contributed by atoms with Gasteiger partial charge in [-0.25, -0.2) is 4.99 Å². The summed E-state index contributed by atoms with van der Waals surface area (Å²) in [5.41, 5.74) is 2.51. The molecule has 0 saturated heterocycles. The quantitative estimate of drug-likeness (QED) is 0.190. The molecule has 2 N–H and O–H groups in total. The maximum absolute atomic E-state index is 14.3. The van der Waals surface area contributed by atoms with Gasteiger partial charge in [0, 0.05) is 41.6 Å². The van der Waals surface area contributed by atoms with Crippen molar-refractivity contribution in [2.45, 2.75) is 30.9 Å². The molecule has 6 nitrogen and oxygen atoms in total. The van der Waals surface area contributed by atoms with Gasteiger partial charge in [-0.1, -0.05) is 94.8 Å². The van der Waals surface area contributed by atoms with Gasteiger partial charge in [0.1, 0.15) is 5.75 Å². The lowest BCUT2D eigenvalue weighted by atomic mass is 9.82. The summed E-state index contributed by atoms with van der Waals surface area (Å²) < 4.78 is 13.2. The number of carbonyl (C=O) groups is 1. The van der Waals surface area contributed by atoms with E-state index in [4.69, 9.17) is 19.6 Å². The van der Waals surface area contributed by atoms with Crippen LogP contribution in [0.4, 0.5) is 0 Å². The number of nitrogens with one attached hydrogen (secondary N) is 1. The summed E-state index contributed by atoms with van der Waals surface area (Å²) in [6.07, 6.45) is 0.976. The predicted molar refractivity (Wildman–Crippen MR) is 164 cm³/mol. The first-order valence-electron chi connectivity index (χ1n) is 13.8. The van der Waals surface area contributed by atoms with E-state index in [0.29, 0.717) is 44.1 Å². The number of benzene rings is 4. The smallest absolute Gasteiger partial charge is 0.252 e. The molecule has 0 unspecified atom stereocenters. The molecule has 0 spiro atoms. The molecule has 2 atom stereocenters. The van der Waals surface area contributed by atoms with Crippen molar-refractivity contribution in [3.8, 4) is 5.75 Å².